The van der Waals surface area contributed by atoms with Crippen molar-refractivity contribution in [1.82, 2.24) is 15.8 Å². The van der Waals surface area contributed by atoms with Crippen molar-refractivity contribution in [3.05, 3.63) is 17.5 Å². The van der Waals surface area contributed by atoms with Crippen LogP contribution in [0.15, 0.2) is 10.6 Å². The zero-order chi connectivity index (χ0) is 24.5. The predicted octanol–water partition coefficient (Wildman–Crippen LogP) is 1.83. The number of nitrogens with zero attached hydrogens (tertiary/aromatic N) is 1. The summed E-state index contributed by atoms with van der Waals surface area (Å²) >= 11 is 0. The highest BCUT2D eigenvalue weighted by Gasteiger charge is 2.50. The minimum atomic E-state index is -2.32. The van der Waals surface area contributed by atoms with Gasteiger partial charge < -0.3 is 29.7 Å². The fourth-order valence-electron chi connectivity index (χ4n) is 2.82. The molecule has 32 heavy (non-hydrogen) atoms. The molecule has 0 saturated heterocycles. The molecule has 1 aromatic heterocycles. The van der Waals surface area contributed by atoms with Gasteiger partial charge in [0.05, 0.1) is 18.7 Å². The topological polar surface area (TPSA) is 157 Å². The molecule has 0 aliphatic heterocycles. The summed E-state index contributed by atoms with van der Waals surface area (Å²) in [6.45, 7) is 10.3. The first-order valence-electron chi connectivity index (χ1n) is 10.4. The van der Waals surface area contributed by atoms with E-state index in [1.54, 1.807) is 20.8 Å². The molecule has 2 unspecified atom stereocenters. The number of hydrogen-bond acceptors (Lipinski definition) is 8. The van der Waals surface area contributed by atoms with Gasteiger partial charge in [0, 0.05) is 19.5 Å². The molecule has 1 heterocycles. The maximum absolute atomic E-state index is 12.4. The molecule has 0 fully saturated rings. The van der Waals surface area contributed by atoms with Crippen molar-refractivity contribution in [3.63, 3.8) is 0 Å². The van der Waals surface area contributed by atoms with Crippen molar-refractivity contribution >= 4 is 23.9 Å². The highest BCUT2D eigenvalue weighted by molar-refractivity contribution is 6.07. The third kappa shape index (κ3) is 8.56. The summed E-state index contributed by atoms with van der Waals surface area (Å²) in [5, 5.41) is 18.5. The Balaban J connectivity index is 2.75. The molecular formula is C21H33N3O8. The second-order valence-corrected chi connectivity index (χ2v) is 8.60. The van der Waals surface area contributed by atoms with Crippen LogP contribution in [0.25, 0.3) is 0 Å². The van der Waals surface area contributed by atoms with Crippen LogP contribution in [0.2, 0.25) is 0 Å². The molecule has 0 radical (unpaired) electrons. The summed E-state index contributed by atoms with van der Waals surface area (Å²) in [4.78, 5) is 47.5. The third-order valence-electron chi connectivity index (χ3n) is 4.31. The van der Waals surface area contributed by atoms with E-state index in [1.165, 1.54) is 13.0 Å². The van der Waals surface area contributed by atoms with Crippen LogP contribution in [0.3, 0.4) is 0 Å². The van der Waals surface area contributed by atoms with Crippen LogP contribution in [0, 0.1) is 5.92 Å². The van der Waals surface area contributed by atoms with Gasteiger partial charge >= 0.3 is 18.0 Å². The smallest absolute Gasteiger partial charge is 0.407 e. The number of hydrogen-bond donors (Lipinski definition) is 3. The lowest BCUT2D eigenvalue weighted by Gasteiger charge is -2.26. The number of carbonyl (C=O) groups excluding carboxylic acids is 3. The predicted molar refractivity (Wildman–Crippen MR) is 113 cm³/mol. The highest BCUT2D eigenvalue weighted by Crippen LogP contribution is 2.19. The van der Waals surface area contributed by atoms with Gasteiger partial charge in [-0.2, -0.15) is 0 Å². The lowest BCUT2D eigenvalue weighted by atomic mass is 9.93. The second-order valence-electron chi connectivity index (χ2n) is 8.60. The number of alkyl carbamates (subject to hydrolysis) is 1. The van der Waals surface area contributed by atoms with Crippen molar-refractivity contribution in [2.24, 2.45) is 5.92 Å². The Kier molecular flexibility index (Phi) is 9.67. The number of nitrogens with one attached hydrogen (secondary N) is 2. The normalized spacial score (nSPS) is 14.1. The van der Waals surface area contributed by atoms with Crippen LogP contribution in [0.5, 0.6) is 0 Å². The number of ether oxygens (including phenoxy) is 2. The lowest BCUT2D eigenvalue weighted by Crippen LogP contribution is -2.61. The second kappa shape index (κ2) is 11.5. The van der Waals surface area contributed by atoms with E-state index < -0.39 is 41.5 Å². The van der Waals surface area contributed by atoms with Crippen molar-refractivity contribution in [2.75, 3.05) is 13.2 Å². The van der Waals surface area contributed by atoms with E-state index >= 15 is 0 Å². The van der Waals surface area contributed by atoms with Gasteiger partial charge in [-0.3, -0.25) is 4.79 Å². The van der Waals surface area contributed by atoms with Gasteiger partial charge in [-0.1, -0.05) is 12.1 Å². The van der Waals surface area contributed by atoms with Gasteiger partial charge in [-0.05, 0) is 46.5 Å². The first kappa shape index (κ1) is 26.9. The number of amides is 2. The molecule has 0 aliphatic carbocycles. The molecule has 1 rings (SSSR count). The first-order valence-corrected chi connectivity index (χ1v) is 10.4. The lowest BCUT2D eigenvalue weighted by molar-refractivity contribution is -0.165. The maximum Gasteiger partial charge on any atom is 0.407 e. The fraction of sp³-hybridized carbons (Fsp3) is 0.667. The molecule has 0 aromatic carbocycles. The SMILES string of the molecule is CCOC(=O)C(Cc1cc(CCC(C)CNC(=O)OC(C)(C)C)no1)(NC(C)=O)C(=O)O. The number of aromatic nitrogens is 1. The summed E-state index contributed by atoms with van der Waals surface area (Å²) in [6.07, 6.45) is 0.217. The Morgan fingerprint density at radius 1 is 1.25 bits per heavy atom. The van der Waals surface area contributed by atoms with Crippen LogP contribution in [0.1, 0.15) is 59.4 Å². The Labute approximate surface area is 187 Å². The number of rotatable bonds is 11. The number of carboxylic acid groups (broad SMARTS) is 1. The largest absolute Gasteiger partial charge is 0.479 e. The van der Waals surface area contributed by atoms with Crippen LogP contribution < -0.4 is 10.6 Å². The summed E-state index contributed by atoms with van der Waals surface area (Å²) in [5.41, 5.74) is -2.34. The van der Waals surface area contributed by atoms with E-state index in [0.717, 1.165) is 6.92 Å². The van der Waals surface area contributed by atoms with E-state index in [4.69, 9.17) is 14.0 Å². The molecule has 0 spiro atoms. The molecule has 0 aliphatic rings. The molecule has 1 aromatic rings. The van der Waals surface area contributed by atoms with Crippen molar-refractivity contribution in [3.8, 4) is 0 Å². The standard InChI is InChI=1S/C21H33N3O8/c1-7-30-18(28)21(17(26)27,23-14(3)25)11-16-10-15(24-32-16)9-8-13(2)12-22-19(29)31-20(4,5)6/h10,13H,7-9,11-12H2,1-6H3,(H,22,29)(H,23,25)(H,26,27). The van der Waals surface area contributed by atoms with E-state index in [2.05, 4.69) is 15.8 Å². The molecule has 0 bridgehead atoms. The number of carbonyl (C=O) groups is 4. The number of aryl methyl sites for hydroxylation is 1. The minimum Gasteiger partial charge on any atom is -0.479 e. The van der Waals surface area contributed by atoms with Gasteiger partial charge in [0.2, 0.25) is 11.4 Å². The van der Waals surface area contributed by atoms with Gasteiger partial charge in [0.15, 0.2) is 0 Å². The van der Waals surface area contributed by atoms with E-state index in [0.29, 0.717) is 25.1 Å². The number of esters is 1. The number of aliphatic carboxylic acids is 1. The summed E-state index contributed by atoms with van der Waals surface area (Å²) in [5.74, 6) is -3.14. The van der Waals surface area contributed by atoms with Crippen LogP contribution in [0.4, 0.5) is 4.79 Å². The van der Waals surface area contributed by atoms with Crippen LogP contribution >= 0.6 is 0 Å². The molecule has 2 atom stereocenters. The summed E-state index contributed by atoms with van der Waals surface area (Å²) < 4.78 is 15.3. The number of carboxylic acids is 1. The average molecular weight is 456 g/mol. The molecule has 2 amide bonds. The van der Waals surface area contributed by atoms with Gasteiger partial charge in [0.1, 0.15) is 11.4 Å². The van der Waals surface area contributed by atoms with Gasteiger partial charge in [0.25, 0.3) is 0 Å². The average Bonchev–Trinajstić information content (AvgIpc) is 3.09. The highest BCUT2D eigenvalue weighted by atomic mass is 16.6. The van der Waals surface area contributed by atoms with Crippen molar-refractivity contribution < 1.29 is 38.3 Å². The van der Waals surface area contributed by atoms with E-state index in [1.807, 2.05) is 6.92 Å². The molecule has 0 saturated carbocycles. The zero-order valence-corrected chi connectivity index (χ0v) is 19.4. The van der Waals surface area contributed by atoms with Gasteiger partial charge in [-0.15, -0.1) is 0 Å². The minimum absolute atomic E-state index is 0.0513. The fourth-order valence-corrected chi connectivity index (χ4v) is 2.82. The van der Waals surface area contributed by atoms with Crippen molar-refractivity contribution in [2.45, 2.75) is 71.9 Å². The Morgan fingerprint density at radius 2 is 1.91 bits per heavy atom. The third-order valence-corrected chi connectivity index (χ3v) is 4.31. The van der Waals surface area contributed by atoms with Crippen LogP contribution in [-0.4, -0.2) is 58.5 Å². The zero-order valence-electron chi connectivity index (χ0n) is 19.4. The monoisotopic (exact) mass is 455 g/mol. The summed E-state index contributed by atoms with van der Waals surface area (Å²) in [7, 11) is 0. The van der Waals surface area contributed by atoms with Crippen LogP contribution in [-0.2, 0) is 36.7 Å². The summed E-state index contributed by atoms with van der Waals surface area (Å²) in [6, 6.07) is 1.53. The Bertz CT molecular complexity index is 814. The van der Waals surface area contributed by atoms with Crippen molar-refractivity contribution in [1.29, 1.82) is 0 Å². The Hall–Kier alpha value is -3.11. The first-order chi connectivity index (χ1) is 14.8. The van der Waals surface area contributed by atoms with Gasteiger partial charge in [-0.25, -0.2) is 14.4 Å². The maximum atomic E-state index is 12.4. The molecule has 11 heteroatoms. The quantitative estimate of drug-likeness (QED) is 0.334. The molecular weight excluding hydrogens is 422 g/mol. The molecule has 180 valence electrons. The molecule has 3 N–H and O–H groups in total. The van der Waals surface area contributed by atoms with E-state index in [9.17, 15) is 24.3 Å². The van der Waals surface area contributed by atoms with E-state index in [-0.39, 0.29) is 18.3 Å². The Morgan fingerprint density at radius 3 is 2.44 bits per heavy atom. The molecule has 11 nitrogen and oxygen atoms in total.